The molecule has 2 fully saturated rings. The van der Waals surface area contributed by atoms with Crippen LogP contribution in [-0.2, 0) is 4.79 Å². The van der Waals surface area contributed by atoms with Gasteiger partial charge in [-0.2, -0.15) is 0 Å². The van der Waals surface area contributed by atoms with Crippen LogP contribution in [0.1, 0.15) is 58.3 Å². The molecule has 1 saturated heterocycles. The average molecular weight is 238 g/mol. The molecular formula is C14H26N2O. The van der Waals surface area contributed by atoms with Crippen LogP contribution in [0.25, 0.3) is 0 Å². The van der Waals surface area contributed by atoms with E-state index in [2.05, 4.69) is 12.2 Å². The van der Waals surface area contributed by atoms with Gasteiger partial charge in [0.2, 0.25) is 5.91 Å². The quantitative estimate of drug-likeness (QED) is 0.771. The van der Waals surface area contributed by atoms with Crippen LogP contribution in [-0.4, -0.2) is 30.1 Å². The third-order valence-electron chi connectivity index (χ3n) is 4.27. The van der Waals surface area contributed by atoms with E-state index in [0.717, 1.165) is 32.0 Å². The molecule has 98 valence electrons. The summed E-state index contributed by atoms with van der Waals surface area (Å²) in [6.07, 6.45) is 10.1. The highest BCUT2D eigenvalue weighted by molar-refractivity contribution is 5.83. The Morgan fingerprint density at radius 3 is 2.76 bits per heavy atom. The highest BCUT2D eigenvalue weighted by Crippen LogP contribution is 2.27. The van der Waals surface area contributed by atoms with Gasteiger partial charge >= 0.3 is 0 Å². The van der Waals surface area contributed by atoms with Crippen LogP contribution in [0.15, 0.2) is 0 Å². The van der Waals surface area contributed by atoms with Crippen LogP contribution in [0.5, 0.6) is 0 Å². The minimum atomic E-state index is 0.110. The molecule has 1 atom stereocenters. The smallest absolute Gasteiger partial charge is 0.240 e. The highest BCUT2D eigenvalue weighted by atomic mass is 16.2. The van der Waals surface area contributed by atoms with Crippen molar-refractivity contribution in [3.63, 3.8) is 0 Å². The van der Waals surface area contributed by atoms with Gasteiger partial charge in [-0.1, -0.05) is 45.4 Å². The van der Waals surface area contributed by atoms with Crippen molar-refractivity contribution in [1.29, 1.82) is 0 Å². The summed E-state index contributed by atoms with van der Waals surface area (Å²) in [6, 6.07) is 0.110. The van der Waals surface area contributed by atoms with Gasteiger partial charge in [-0.15, -0.1) is 0 Å². The first-order valence-electron chi connectivity index (χ1n) is 7.33. The van der Waals surface area contributed by atoms with Crippen molar-refractivity contribution in [2.24, 2.45) is 5.92 Å². The van der Waals surface area contributed by atoms with Crippen molar-refractivity contribution in [3.05, 3.63) is 0 Å². The number of amides is 1. The van der Waals surface area contributed by atoms with Gasteiger partial charge in [-0.05, 0) is 18.8 Å². The molecule has 0 spiro atoms. The molecule has 3 nitrogen and oxygen atoms in total. The van der Waals surface area contributed by atoms with Crippen molar-refractivity contribution >= 4 is 5.91 Å². The summed E-state index contributed by atoms with van der Waals surface area (Å²) < 4.78 is 0. The van der Waals surface area contributed by atoms with Crippen LogP contribution in [0.4, 0.5) is 0 Å². The summed E-state index contributed by atoms with van der Waals surface area (Å²) in [5.41, 5.74) is 0. The van der Waals surface area contributed by atoms with E-state index >= 15 is 0 Å². The molecule has 2 rings (SSSR count). The lowest BCUT2D eigenvalue weighted by atomic mass is 10.0. The predicted octanol–water partition coefficient (Wildman–Crippen LogP) is 2.51. The highest BCUT2D eigenvalue weighted by Gasteiger charge is 2.30. The molecule has 0 bridgehead atoms. The second kappa shape index (κ2) is 6.39. The van der Waals surface area contributed by atoms with Crippen LogP contribution in [0, 0.1) is 5.92 Å². The molecule has 0 radical (unpaired) electrons. The fourth-order valence-electron chi connectivity index (χ4n) is 3.07. The van der Waals surface area contributed by atoms with Crippen LogP contribution < -0.4 is 5.32 Å². The molecule has 0 aromatic carbocycles. The maximum absolute atomic E-state index is 12.1. The van der Waals surface area contributed by atoms with Crippen molar-refractivity contribution in [3.8, 4) is 0 Å². The summed E-state index contributed by atoms with van der Waals surface area (Å²) in [6.45, 7) is 3.93. The molecule has 3 heteroatoms. The Labute approximate surface area is 105 Å². The number of carbonyl (C=O) groups is 1. The topological polar surface area (TPSA) is 32.3 Å². The van der Waals surface area contributed by atoms with Gasteiger partial charge in [0.15, 0.2) is 0 Å². The van der Waals surface area contributed by atoms with Gasteiger partial charge in [0, 0.05) is 6.54 Å². The average Bonchev–Trinajstić information content (AvgIpc) is 2.95. The monoisotopic (exact) mass is 238 g/mol. The number of nitrogens with one attached hydrogen (secondary N) is 1. The maximum Gasteiger partial charge on any atom is 0.240 e. The summed E-state index contributed by atoms with van der Waals surface area (Å²) >= 11 is 0. The molecule has 2 aliphatic rings. The zero-order valence-corrected chi connectivity index (χ0v) is 11.1. The Hall–Kier alpha value is -0.570. The number of hydrogen-bond acceptors (Lipinski definition) is 2. The van der Waals surface area contributed by atoms with Gasteiger partial charge in [0.1, 0.15) is 0 Å². The Morgan fingerprint density at radius 2 is 2.06 bits per heavy atom. The Kier molecular flexibility index (Phi) is 4.84. The lowest BCUT2D eigenvalue weighted by Crippen LogP contribution is -2.31. The molecule has 1 heterocycles. The van der Waals surface area contributed by atoms with E-state index in [9.17, 15) is 4.79 Å². The Morgan fingerprint density at radius 1 is 1.29 bits per heavy atom. The Bertz CT molecular complexity index is 249. The van der Waals surface area contributed by atoms with Crippen molar-refractivity contribution in [1.82, 2.24) is 10.2 Å². The van der Waals surface area contributed by atoms with Gasteiger partial charge in [-0.3, -0.25) is 10.1 Å². The molecule has 1 aliphatic heterocycles. The summed E-state index contributed by atoms with van der Waals surface area (Å²) in [5, 5.41) is 3.34. The molecule has 1 saturated carbocycles. The first kappa shape index (κ1) is 12.9. The summed E-state index contributed by atoms with van der Waals surface area (Å²) in [4.78, 5) is 14.1. The normalized spacial score (nSPS) is 26.1. The standard InChI is InChI=1S/C14H26N2O/c1-2-3-8-13-14(17)16(11-15-13)10-9-12-6-4-5-7-12/h12-13,15H,2-11H2,1H3. The second-order valence-corrected chi connectivity index (χ2v) is 5.60. The van der Waals surface area contributed by atoms with Crippen LogP contribution in [0.2, 0.25) is 0 Å². The third-order valence-corrected chi connectivity index (χ3v) is 4.27. The van der Waals surface area contributed by atoms with Gasteiger partial charge in [0.05, 0.1) is 12.7 Å². The lowest BCUT2D eigenvalue weighted by molar-refractivity contribution is -0.129. The first-order valence-corrected chi connectivity index (χ1v) is 7.33. The van der Waals surface area contributed by atoms with E-state index in [0.29, 0.717) is 5.91 Å². The minimum absolute atomic E-state index is 0.110. The lowest BCUT2D eigenvalue weighted by Gasteiger charge is -2.17. The third kappa shape index (κ3) is 3.44. The largest absolute Gasteiger partial charge is 0.329 e. The van der Waals surface area contributed by atoms with E-state index in [1.807, 2.05) is 4.90 Å². The SMILES string of the molecule is CCCCC1NCN(CCC2CCCC2)C1=O. The van der Waals surface area contributed by atoms with Gasteiger partial charge in [0.25, 0.3) is 0 Å². The van der Waals surface area contributed by atoms with E-state index in [4.69, 9.17) is 0 Å². The number of nitrogens with zero attached hydrogens (tertiary/aromatic N) is 1. The van der Waals surface area contributed by atoms with Crippen molar-refractivity contribution < 1.29 is 4.79 Å². The van der Waals surface area contributed by atoms with Crippen molar-refractivity contribution in [2.45, 2.75) is 64.3 Å². The molecule has 0 aromatic heterocycles. The van der Waals surface area contributed by atoms with E-state index in [-0.39, 0.29) is 6.04 Å². The predicted molar refractivity (Wildman–Crippen MR) is 69.6 cm³/mol. The molecule has 1 aliphatic carbocycles. The summed E-state index contributed by atoms with van der Waals surface area (Å²) in [7, 11) is 0. The number of rotatable bonds is 6. The van der Waals surface area contributed by atoms with Crippen molar-refractivity contribution in [2.75, 3.05) is 13.2 Å². The fourth-order valence-corrected chi connectivity index (χ4v) is 3.07. The molecule has 1 N–H and O–H groups in total. The second-order valence-electron chi connectivity index (χ2n) is 5.60. The van der Waals surface area contributed by atoms with E-state index in [1.54, 1.807) is 0 Å². The van der Waals surface area contributed by atoms with Gasteiger partial charge in [-0.25, -0.2) is 0 Å². The van der Waals surface area contributed by atoms with Crippen LogP contribution in [0.3, 0.4) is 0 Å². The molecule has 17 heavy (non-hydrogen) atoms. The number of unbranched alkanes of at least 4 members (excludes halogenated alkanes) is 1. The zero-order chi connectivity index (χ0) is 12.1. The fraction of sp³-hybridized carbons (Fsp3) is 0.929. The Balaban J connectivity index is 1.69. The number of hydrogen-bond donors (Lipinski definition) is 1. The van der Waals surface area contributed by atoms with Gasteiger partial charge < -0.3 is 4.90 Å². The van der Waals surface area contributed by atoms with E-state index < -0.39 is 0 Å². The summed E-state index contributed by atoms with van der Waals surface area (Å²) in [5.74, 6) is 1.23. The molecule has 1 amide bonds. The zero-order valence-electron chi connectivity index (χ0n) is 11.1. The number of carbonyl (C=O) groups excluding carboxylic acids is 1. The molecular weight excluding hydrogens is 212 g/mol. The first-order chi connectivity index (χ1) is 8.31. The molecule has 1 unspecified atom stereocenters. The van der Waals surface area contributed by atoms with Crippen LogP contribution >= 0.6 is 0 Å². The maximum atomic E-state index is 12.1. The molecule has 0 aromatic rings. The van der Waals surface area contributed by atoms with E-state index in [1.165, 1.54) is 38.5 Å². The minimum Gasteiger partial charge on any atom is -0.329 e.